The maximum absolute atomic E-state index is 12.9. The molecule has 1 saturated heterocycles. The lowest BCUT2D eigenvalue weighted by molar-refractivity contribution is -0.141. The lowest BCUT2D eigenvalue weighted by atomic mass is 10.2. The molecule has 1 aliphatic rings. The molecule has 1 aliphatic heterocycles. The predicted octanol–water partition coefficient (Wildman–Crippen LogP) is 3.45. The first-order valence-corrected chi connectivity index (χ1v) is 11.5. The summed E-state index contributed by atoms with van der Waals surface area (Å²) in [5.74, 6) is 0.0650. The summed E-state index contributed by atoms with van der Waals surface area (Å²) in [5.41, 5.74) is -0.504. The molecule has 0 bridgehead atoms. The zero-order chi connectivity index (χ0) is 26.0. The van der Waals surface area contributed by atoms with Gasteiger partial charge >= 0.3 is 6.18 Å². The molecule has 12 heteroatoms. The number of piperazine rings is 1. The average Bonchev–Trinajstić information content (AvgIpc) is 3.30. The van der Waals surface area contributed by atoms with Gasteiger partial charge in [0.15, 0.2) is 0 Å². The maximum atomic E-state index is 12.9. The van der Waals surface area contributed by atoms with E-state index in [0.717, 1.165) is 18.0 Å². The number of benzene rings is 1. The van der Waals surface area contributed by atoms with E-state index in [4.69, 9.17) is 0 Å². The molecule has 9 nitrogen and oxygen atoms in total. The molecule has 2 amide bonds. The molecule has 0 spiro atoms. The molecular formula is C25H22F3N7O2. The molecule has 0 aliphatic carbocycles. The van der Waals surface area contributed by atoms with Gasteiger partial charge in [0, 0.05) is 49.6 Å². The van der Waals surface area contributed by atoms with Crippen molar-refractivity contribution in [1.29, 1.82) is 0 Å². The molecule has 5 rings (SSSR count). The van der Waals surface area contributed by atoms with Crippen LogP contribution >= 0.6 is 0 Å². The van der Waals surface area contributed by atoms with Crippen molar-refractivity contribution < 1.29 is 22.8 Å². The molecule has 1 fully saturated rings. The van der Waals surface area contributed by atoms with Crippen molar-refractivity contribution in [2.75, 3.05) is 36.4 Å². The second-order valence-electron chi connectivity index (χ2n) is 8.52. The Morgan fingerprint density at radius 3 is 2.51 bits per heavy atom. The third-order valence-corrected chi connectivity index (χ3v) is 5.98. The summed E-state index contributed by atoms with van der Waals surface area (Å²) < 4.78 is 40.2. The van der Waals surface area contributed by atoms with Crippen molar-refractivity contribution in [2.45, 2.75) is 12.7 Å². The highest BCUT2D eigenvalue weighted by atomic mass is 19.4. The Morgan fingerprint density at radius 2 is 1.78 bits per heavy atom. The number of carbonyl (C=O) groups is 2. The van der Waals surface area contributed by atoms with Crippen LogP contribution in [0.15, 0.2) is 67.0 Å². The number of halogens is 3. The minimum atomic E-state index is -4.64. The highest BCUT2D eigenvalue weighted by Gasteiger charge is 2.33. The van der Waals surface area contributed by atoms with Gasteiger partial charge < -0.3 is 15.1 Å². The Morgan fingerprint density at radius 1 is 0.973 bits per heavy atom. The summed E-state index contributed by atoms with van der Waals surface area (Å²) in [6.45, 7) is 2.60. The molecule has 4 heterocycles. The summed E-state index contributed by atoms with van der Waals surface area (Å²) >= 11 is 0. The largest absolute Gasteiger partial charge is 0.433 e. The van der Waals surface area contributed by atoms with Crippen LogP contribution in [0.1, 0.15) is 16.2 Å². The van der Waals surface area contributed by atoms with Gasteiger partial charge in [0.2, 0.25) is 5.91 Å². The van der Waals surface area contributed by atoms with Crippen LogP contribution in [0.4, 0.5) is 24.7 Å². The van der Waals surface area contributed by atoms with Crippen LogP contribution < -0.4 is 10.2 Å². The summed E-state index contributed by atoms with van der Waals surface area (Å²) in [7, 11) is 0. The van der Waals surface area contributed by atoms with Crippen LogP contribution in [0.3, 0.4) is 0 Å². The molecule has 1 N–H and O–H groups in total. The summed E-state index contributed by atoms with van der Waals surface area (Å²) in [6, 6.07) is 13.8. The molecule has 3 aromatic heterocycles. The Kier molecular flexibility index (Phi) is 6.47. The molecule has 4 aromatic rings. The second-order valence-corrected chi connectivity index (χ2v) is 8.52. The normalized spacial score (nSPS) is 14.1. The highest BCUT2D eigenvalue weighted by molar-refractivity contribution is 6.03. The van der Waals surface area contributed by atoms with Crippen molar-refractivity contribution in [2.24, 2.45) is 0 Å². The second kappa shape index (κ2) is 9.88. The van der Waals surface area contributed by atoms with Gasteiger partial charge in [0.05, 0.1) is 5.52 Å². The number of fused-ring (bicyclic) bond motifs is 1. The Bertz CT molecular complexity index is 1430. The number of rotatable bonds is 5. The highest BCUT2D eigenvalue weighted by Crippen LogP contribution is 2.27. The van der Waals surface area contributed by atoms with Crippen LogP contribution in [0.25, 0.3) is 10.9 Å². The standard InChI is InChI=1S/C25H22F3N7O2/c26-25(27,28)21-5-3-4-20(31-21)24(37)30-18-7-8-19-17(14-18)15-35(32-19)16-23(36)34-12-10-33(11-13-34)22-6-1-2-9-29-22/h1-9,14-15H,10-13,16H2,(H,30,37). The third kappa shape index (κ3) is 5.52. The van der Waals surface area contributed by atoms with E-state index >= 15 is 0 Å². The zero-order valence-electron chi connectivity index (χ0n) is 19.5. The van der Waals surface area contributed by atoms with Crippen molar-refractivity contribution >= 4 is 34.2 Å². The molecule has 0 saturated carbocycles. The number of nitrogens with zero attached hydrogens (tertiary/aromatic N) is 6. The van der Waals surface area contributed by atoms with Gasteiger partial charge in [0.1, 0.15) is 23.8 Å². The number of hydrogen-bond donors (Lipinski definition) is 1. The lowest BCUT2D eigenvalue weighted by Gasteiger charge is -2.35. The first-order valence-electron chi connectivity index (χ1n) is 11.5. The fraction of sp³-hybridized carbons (Fsp3) is 0.240. The number of nitrogens with one attached hydrogen (secondary N) is 1. The Labute approximate surface area is 209 Å². The van der Waals surface area contributed by atoms with Gasteiger partial charge in [-0.2, -0.15) is 18.3 Å². The minimum absolute atomic E-state index is 0.0578. The predicted molar refractivity (Wildman–Crippen MR) is 130 cm³/mol. The van der Waals surface area contributed by atoms with E-state index in [1.807, 2.05) is 18.2 Å². The quantitative estimate of drug-likeness (QED) is 0.443. The van der Waals surface area contributed by atoms with Crippen LogP contribution in [0, 0.1) is 0 Å². The van der Waals surface area contributed by atoms with Gasteiger partial charge in [-0.1, -0.05) is 12.1 Å². The SMILES string of the molecule is O=C(Nc1ccc2nn(CC(=O)N3CCN(c4ccccn4)CC3)cc2c1)c1cccc(C(F)(F)F)n1. The number of amides is 2. The van der Waals surface area contributed by atoms with Gasteiger partial charge in [-0.25, -0.2) is 9.97 Å². The van der Waals surface area contributed by atoms with Crippen LogP contribution in [-0.4, -0.2) is 62.6 Å². The van der Waals surface area contributed by atoms with Gasteiger partial charge in [-0.05, 0) is 42.5 Å². The lowest BCUT2D eigenvalue weighted by Crippen LogP contribution is -2.49. The number of hydrogen-bond acceptors (Lipinski definition) is 6. The Hall–Kier alpha value is -4.48. The molecule has 190 valence electrons. The van der Waals surface area contributed by atoms with Crippen LogP contribution in [0.2, 0.25) is 0 Å². The number of carbonyl (C=O) groups excluding carboxylic acids is 2. The fourth-order valence-electron chi connectivity index (χ4n) is 4.11. The van der Waals surface area contributed by atoms with Crippen molar-refractivity contribution in [3.05, 3.63) is 78.4 Å². The topological polar surface area (TPSA) is 96.2 Å². The monoisotopic (exact) mass is 509 g/mol. The number of pyridine rings is 2. The zero-order valence-corrected chi connectivity index (χ0v) is 19.5. The van der Waals surface area contributed by atoms with E-state index in [1.165, 1.54) is 10.7 Å². The molecule has 0 atom stereocenters. The smallest absolute Gasteiger partial charge is 0.353 e. The maximum Gasteiger partial charge on any atom is 0.433 e. The van der Waals surface area contributed by atoms with Gasteiger partial charge in [-0.3, -0.25) is 14.3 Å². The van der Waals surface area contributed by atoms with E-state index in [2.05, 4.69) is 25.3 Å². The fourth-order valence-corrected chi connectivity index (χ4v) is 4.11. The van der Waals surface area contributed by atoms with E-state index < -0.39 is 17.8 Å². The van der Waals surface area contributed by atoms with E-state index in [9.17, 15) is 22.8 Å². The summed E-state index contributed by atoms with van der Waals surface area (Å²) in [4.78, 5) is 37.0. The number of alkyl halides is 3. The first kappa shape index (κ1) is 24.2. The molecule has 37 heavy (non-hydrogen) atoms. The molecule has 1 aromatic carbocycles. The molecular weight excluding hydrogens is 487 g/mol. The minimum Gasteiger partial charge on any atom is -0.353 e. The molecule has 0 radical (unpaired) electrons. The van der Waals surface area contributed by atoms with Crippen molar-refractivity contribution in [3.8, 4) is 0 Å². The van der Waals surface area contributed by atoms with E-state index in [0.29, 0.717) is 42.8 Å². The number of aromatic nitrogens is 4. The van der Waals surface area contributed by atoms with Gasteiger partial charge in [0.25, 0.3) is 5.91 Å². The molecule has 0 unspecified atom stereocenters. The van der Waals surface area contributed by atoms with Crippen LogP contribution in [-0.2, 0) is 17.5 Å². The average molecular weight is 509 g/mol. The third-order valence-electron chi connectivity index (χ3n) is 5.98. The van der Waals surface area contributed by atoms with E-state index in [-0.39, 0.29) is 18.1 Å². The van der Waals surface area contributed by atoms with Crippen LogP contribution in [0.5, 0.6) is 0 Å². The van der Waals surface area contributed by atoms with Crippen molar-refractivity contribution in [3.63, 3.8) is 0 Å². The van der Waals surface area contributed by atoms with Crippen molar-refractivity contribution in [1.82, 2.24) is 24.6 Å². The number of anilines is 2. The van der Waals surface area contributed by atoms with Gasteiger partial charge in [-0.15, -0.1) is 0 Å². The summed E-state index contributed by atoms with van der Waals surface area (Å²) in [5, 5.41) is 7.65. The first-order chi connectivity index (χ1) is 17.8. The van der Waals surface area contributed by atoms with E-state index in [1.54, 1.807) is 35.5 Å². The Balaban J connectivity index is 1.21. The summed E-state index contributed by atoms with van der Waals surface area (Å²) in [6.07, 6.45) is -1.21.